The van der Waals surface area contributed by atoms with Crippen molar-refractivity contribution in [1.82, 2.24) is 10.3 Å². The molecule has 0 aromatic heterocycles. The summed E-state index contributed by atoms with van der Waals surface area (Å²) in [6, 6.07) is 9.76. The summed E-state index contributed by atoms with van der Waals surface area (Å²) in [6.07, 6.45) is 0. The number of nitrogen functional groups attached to an aromatic ring is 1. The van der Waals surface area contributed by atoms with Gasteiger partial charge in [0.15, 0.2) is 0 Å². The van der Waals surface area contributed by atoms with Crippen molar-refractivity contribution in [3.8, 4) is 5.75 Å². The Morgan fingerprint density at radius 3 is 2.44 bits per heavy atom. The number of aromatic hydroxyl groups is 1. The molecule has 0 atom stereocenters. The number of carbonyl (C=O) groups excluding carboxylic acids is 1. The molecule has 27 heavy (non-hydrogen) atoms. The molecule has 1 heterocycles. The molecule has 1 fully saturated rings. The van der Waals surface area contributed by atoms with Gasteiger partial charge in [-0.15, -0.1) is 4.83 Å². The van der Waals surface area contributed by atoms with E-state index in [1.54, 1.807) is 0 Å². The summed E-state index contributed by atoms with van der Waals surface area (Å²) < 4.78 is 30.3. The minimum Gasteiger partial charge on any atom is -0.508 e. The van der Waals surface area contributed by atoms with Crippen molar-refractivity contribution >= 4 is 27.3 Å². The molecule has 0 radical (unpaired) electrons. The molecule has 1 saturated heterocycles. The monoisotopic (exact) mass is 392 g/mol. The third kappa shape index (κ3) is 4.48. The van der Waals surface area contributed by atoms with Crippen LogP contribution in [0.5, 0.6) is 5.75 Å². The minimum atomic E-state index is -3.99. The van der Waals surface area contributed by atoms with Gasteiger partial charge >= 0.3 is 0 Å². The number of nitrogens with zero attached hydrogens (tertiary/aromatic N) is 1. The van der Waals surface area contributed by atoms with Gasteiger partial charge < -0.3 is 20.5 Å². The Labute approximate surface area is 156 Å². The number of nitrogens with one attached hydrogen (secondary N) is 2. The zero-order valence-electron chi connectivity index (χ0n) is 14.4. The molecule has 0 bridgehead atoms. The highest BCUT2D eigenvalue weighted by Gasteiger charge is 2.20. The first kappa shape index (κ1) is 19.0. The highest BCUT2D eigenvalue weighted by atomic mass is 32.2. The van der Waals surface area contributed by atoms with Gasteiger partial charge in [0.05, 0.1) is 29.5 Å². The van der Waals surface area contributed by atoms with E-state index in [-0.39, 0.29) is 16.2 Å². The van der Waals surface area contributed by atoms with Gasteiger partial charge in [-0.25, -0.2) is 8.42 Å². The smallest absolute Gasteiger partial charge is 0.266 e. The van der Waals surface area contributed by atoms with Crippen molar-refractivity contribution in [2.45, 2.75) is 4.90 Å². The number of phenols is 1. The first-order valence-electron chi connectivity index (χ1n) is 8.20. The fourth-order valence-electron chi connectivity index (χ4n) is 2.63. The topological polar surface area (TPSA) is 134 Å². The number of ether oxygens (including phenoxy) is 1. The van der Waals surface area contributed by atoms with Gasteiger partial charge in [-0.3, -0.25) is 10.2 Å². The number of hydrogen-bond donors (Lipinski definition) is 4. The second-order valence-electron chi connectivity index (χ2n) is 5.93. The lowest BCUT2D eigenvalue weighted by Crippen LogP contribution is -2.41. The molecule has 0 aliphatic carbocycles. The van der Waals surface area contributed by atoms with Crippen molar-refractivity contribution in [3.05, 3.63) is 48.0 Å². The number of sulfonamides is 1. The number of benzene rings is 2. The Balaban J connectivity index is 1.74. The number of carbonyl (C=O) groups is 1. The molecule has 144 valence electrons. The molecule has 0 unspecified atom stereocenters. The second kappa shape index (κ2) is 7.82. The van der Waals surface area contributed by atoms with Gasteiger partial charge in [-0.2, -0.15) is 0 Å². The van der Waals surface area contributed by atoms with Crippen LogP contribution in [-0.2, 0) is 14.8 Å². The van der Waals surface area contributed by atoms with E-state index in [1.807, 2.05) is 4.90 Å². The summed E-state index contributed by atoms with van der Waals surface area (Å²) >= 11 is 0. The average Bonchev–Trinajstić information content (AvgIpc) is 2.67. The van der Waals surface area contributed by atoms with E-state index in [9.17, 15) is 18.3 Å². The molecule has 3 rings (SSSR count). The van der Waals surface area contributed by atoms with Crippen molar-refractivity contribution in [3.63, 3.8) is 0 Å². The van der Waals surface area contributed by atoms with E-state index in [4.69, 9.17) is 10.5 Å². The van der Waals surface area contributed by atoms with Crippen LogP contribution in [0.2, 0.25) is 0 Å². The summed E-state index contributed by atoms with van der Waals surface area (Å²) in [6.45, 7) is 2.30. The van der Waals surface area contributed by atoms with Crippen LogP contribution in [0.4, 0.5) is 11.4 Å². The van der Waals surface area contributed by atoms with Crippen LogP contribution in [0.1, 0.15) is 10.4 Å². The number of rotatable bonds is 5. The first-order valence-corrected chi connectivity index (χ1v) is 9.68. The molecule has 5 N–H and O–H groups in total. The molecule has 1 aliphatic heterocycles. The summed E-state index contributed by atoms with van der Waals surface area (Å²) in [5, 5.41) is 9.24. The Kier molecular flexibility index (Phi) is 5.49. The zero-order valence-corrected chi connectivity index (χ0v) is 15.2. The summed E-state index contributed by atoms with van der Waals surface area (Å²) in [5.74, 6) is -0.646. The maximum absolute atomic E-state index is 12.5. The van der Waals surface area contributed by atoms with Crippen LogP contribution < -0.4 is 20.9 Å². The first-order chi connectivity index (χ1) is 12.9. The lowest BCUT2D eigenvalue weighted by Gasteiger charge is -2.30. The normalized spacial score (nSPS) is 14.7. The quantitative estimate of drug-likeness (QED) is 0.428. The summed E-state index contributed by atoms with van der Waals surface area (Å²) in [5.41, 5.74) is 9.39. The van der Waals surface area contributed by atoms with Gasteiger partial charge in [0.25, 0.3) is 15.9 Å². The lowest BCUT2D eigenvalue weighted by atomic mass is 10.2. The third-order valence-electron chi connectivity index (χ3n) is 4.09. The fraction of sp³-hybridized carbons (Fsp3) is 0.235. The number of nitrogens with two attached hydrogens (primary N) is 1. The molecular formula is C17H20N4O5S. The van der Waals surface area contributed by atoms with Gasteiger partial charge in [0.2, 0.25) is 0 Å². The minimum absolute atomic E-state index is 0.00430. The fourth-order valence-corrected chi connectivity index (χ4v) is 3.49. The van der Waals surface area contributed by atoms with Gasteiger partial charge in [0.1, 0.15) is 5.75 Å². The van der Waals surface area contributed by atoms with Crippen LogP contribution in [0.15, 0.2) is 47.4 Å². The van der Waals surface area contributed by atoms with E-state index < -0.39 is 15.9 Å². The Hall–Kier alpha value is -2.82. The van der Waals surface area contributed by atoms with Crippen LogP contribution in [-0.4, -0.2) is 45.7 Å². The van der Waals surface area contributed by atoms with Crippen LogP contribution in [0.3, 0.4) is 0 Å². The Morgan fingerprint density at radius 2 is 1.78 bits per heavy atom. The highest BCUT2D eigenvalue weighted by Crippen LogP contribution is 2.27. The van der Waals surface area contributed by atoms with Gasteiger partial charge in [0, 0.05) is 18.7 Å². The zero-order chi connectivity index (χ0) is 19.4. The molecule has 1 amide bonds. The number of anilines is 2. The van der Waals surface area contributed by atoms with Gasteiger partial charge in [-0.1, -0.05) is 0 Å². The van der Waals surface area contributed by atoms with E-state index >= 15 is 0 Å². The standard InChI is InChI=1S/C17H20N4O5S/c18-15-6-5-14(11-16(15)21-7-9-26-10-8-21)27(24,25)20-19-17(23)12-1-3-13(22)4-2-12/h1-6,11,20,22H,7-10,18H2,(H,19,23). The predicted octanol–water partition coefficient (Wildman–Crippen LogP) is 0.434. The third-order valence-corrected chi connectivity index (χ3v) is 5.34. The molecule has 1 aliphatic rings. The Bertz CT molecular complexity index is 925. The molecule has 2 aromatic carbocycles. The van der Waals surface area contributed by atoms with Gasteiger partial charge in [-0.05, 0) is 42.5 Å². The maximum Gasteiger partial charge on any atom is 0.266 e. The summed E-state index contributed by atoms with van der Waals surface area (Å²) in [4.78, 5) is 16.0. The number of hydrogen-bond acceptors (Lipinski definition) is 7. The number of phenolic OH excluding ortho intramolecular Hbond substituents is 1. The molecular weight excluding hydrogens is 372 g/mol. The molecule has 2 aromatic rings. The van der Waals surface area contributed by atoms with E-state index in [1.165, 1.54) is 42.5 Å². The lowest BCUT2D eigenvalue weighted by molar-refractivity contribution is 0.0945. The largest absolute Gasteiger partial charge is 0.508 e. The van der Waals surface area contributed by atoms with Crippen molar-refractivity contribution in [1.29, 1.82) is 0 Å². The van der Waals surface area contributed by atoms with E-state index in [2.05, 4.69) is 10.3 Å². The Morgan fingerprint density at radius 1 is 1.11 bits per heavy atom. The SMILES string of the molecule is Nc1ccc(S(=O)(=O)NNC(=O)c2ccc(O)cc2)cc1N1CCOCC1. The average molecular weight is 392 g/mol. The highest BCUT2D eigenvalue weighted by molar-refractivity contribution is 7.89. The van der Waals surface area contributed by atoms with Crippen molar-refractivity contribution < 1.29 is 23.1 Å². The second-order valence-corrected chi connectivity index (χ2v) is 7.61. The predicted molar refractivity (Wildman–Crippen MR) is 99.8 cm³/mol. The molecule has 10 heteroatoms. The van der Waals surface area contributed by atoms with Crippen molar-refractivity contribution in [2.75, 3.05) is 36.9 Å². The molecule has 0 spiro atoms. The maximum atomic E-state index is 12.5. The molecule has 9 nitrogen and oxygen atoms in total. The number of morpholine rings is 1. The van der Waals surface area contributed by atoms with E-state index in [0.717, 1.165) is 0 Å². The summed E-state index contributed by atoms with van der Waals surface area (Å²) in [7, 11) is -3.99. The van der Waals surface area contributed by atoms with E-state index in [0.29, 0.717) is 37.7 Å². The van der Waals surface area contributed by atoms with Crippen LogP contribution >= 0.6 is 0 Å². The molecule has 0 saturated carbocycles. The van der Waals surface area contributed by atoms with Crippen molar-refractivity contribution in [2.24, 2.45) is 0 Å². The number of amides is 1. The van der Waals surface area contributed by atoms with Crippen LogP contribution in [0, 0.1) is 0 Å². The van der Waals surface area contributed by atoms with Crippen LogP contribution in [0.25, 0.3) is 0 Å². The number of hydrazine groups is 1.